The zero-order chi connectivity index (χ0) is 4.28. The monoisotopic (exact) mass is 70.1 g/mol. The van der Waals surface area contributed by atoms with Crippen molar-refractivity contribution in [2.75, 3.05) is 7.11 Å². The summed E-state index contributed by atoms with van der Waals surface area (Å²) in [5, 5.41) is 0. The molecular formula is C2H8B2O. The highest BCUT2D eigenvalue weighted by molar-refractivity contribution is 6.98. The van der Waals surface area contributed by atoms with Crippen molar-refractivity contribution in [1.82, 2.24) is 0 Å². The van der Waals surface area contributed by atoms with Gasteiger partial charge in [0.05, 0.1) is 0 Å². The fourth-order valence-corrected chi connectivity index (χ4v) is 0. The Labute approximate surface area is 34.2 Å². The minimum atomic E-state index is 0.384. The number of hydrogen-bond donors (Lipinski definition) is 0. The van der Waals surface area contributed by atoms with E-state index in [9.17, 15) is 0 Å². The lowest BCUT2D eigenvalue weighted by atomic mass is 9.49. The van der Waals surface area contributed by atoms with Crippen LogP contribution >= 0.6 is 0 Å². The summed E-state index contributed by atoms with van der Waals surface area (Å²) in [7, 11) is 3.70. The van der Waals surface area contributed by atoms with Gasteiger partial charge >= 0.3 is 0 Å². The van der Waals surface area contributed by atoms with Gasteiger partial charge < -0.3 is 4.65 Å². The van der Waals surface area contributed by atoms with Gasteiger partial charge in [-0.1, -0.05) is 6.82 Å². The second kappa shape index (κ2) is 2.33. The summed E-state index contributed by atoms with van der Waals surface area (Å²) in [6.07, 6.45) is 0. The van der Waals surface area contributed by atoms with Crippen LogP contribution in [0.1, 0.15) is 0 Å². The lowest BCUT2D eigenvalue weighted by Gasteiger charge is -1.89. The van der Waals surface area contributed by atoms with Gasteiger partial charge in [-0.2, -0.15) is 0 Å². The van der Waals surface area contributed by atoms with Crippen LogP contribution in [0.3, 0.4) is 0 Å². The minimum absolute atomic E-state index is 0.384. The highest BCUT2D eigenvalue weighted by Crippen LogP contribution is 1.65. The molecule has 0 aliphatic carbocycles. The van der Waals surface area contributed by atoms with Gasteiger partial charge in [-0.25, -0.2) is 0 Å². The zero-order valence-corrected chi connectivity index (χ0v) is 3.99. The largest absolute Gasteiger partial charge is 0.448 e. The van der Waals surface area contributed by atoms with Crippen molar-refractivity contribution < 1.29 is 4.65 Å². The molecule has 0 aliphatic rings. The fraction of sp³-hybridized carbons (Fsp3) is 1.00. The molecule has 0 spiro atoms. The van der Waals surface area contributed by atoms with E-state index in [1.54, 1.807) is 7.11 Å². The molecule has 0 saturated heterocycles. The summed E-state index contributed by atoms with van der Waals surface area (Å²) >= 11 is 0. The van der Waals surface area contributed by atoms with Crippen molar-refractivity contribution in [2.24, 2.45) is 0 Å². The summed E-state index contributed by atoms with van der Waals surface area (Å²) in [4.78, 5) is 0. The molecule has 5 heavy (non-hydrogen) atoms. The highest BCUT2D eigenvalue weighted by Gasteiger charge is 1.88. The second-order valence-electron chi connectivity index (χ2n) is 1.28. The van der Waals surface area contributed by atoms with Gasteiger partial charge in [0.2, 0.25) is 6.81 Å². The highest BCUT2D eigenvalue weighted by atomic mass is 16.4. The fourth-order valence-electron chi connectivity index (χ4n) is 0. The van der Waals surface area contributed by atoms with Gasteiger partial charge in [0.25, 0.3) is 0 Å². The Kier molecular flexibility index (Phi) is 2.38. The first kappa shape index (κ1) is 5.09. The van der Waals surface area contributed by atoms with Crippen LogP contribution in [0.15, 0.2) is 0 Å². The minimum Gasteiger partial charge on any atom is -0.448 e. The first-order valence-electron chi connectivity index (χ1n) is 1.80. The van der Waals surface area contributed by atoms with Crippen molar-refractivity contribution in [2.45, 2.75) is 6.82 Å². The van der Waals surface area contributed by atoms with Crippen molar-refractivity contribution in [3.05, 3.63) is 0 Å². The molecule has 0 fully saturated rings. The van der Waals surface area contributed by atoms with Gasteiger partial charge in [-0.15, -0.1) is 0 Å². The van der Waals surface area contributed by atoms with E-state index in [1.165, 1.54) is 0 Å². The van der Waals surface area contributed by atoms with Crippen LogP contribution in [0.5, 0.6) is 0 Å². The molecule has 0 rings (SSSR count). The van der Waals surface area contributed by atoms with Crippen LogP contribution < -0.4 is 0 Å². The molecule has 0 amide bonds. The Morgan fingerprint density at radius 2 is 2.00 bits per heavy atom. The van der Waals surface area contributed by atoms with E-state index < -0.39 is 0 Å². The molecule has 0 radical (unpaired) electrons. The predicted molar refractivity (Wildman–Crippen MR) is 27.2 cm³/mol. The summed E-state index contributed by atoms with van der Waals surface area (Å²) in [5.74, 6) is 0. The molecule has 28 valence electrons. The molecule has 1 nitrogen and oxygen atoms in total. The lowest BCUT2D eigenvalue weighted by molar-refractivity contribution is 0.440. The molecule has 0 bridgehead atoms. The third kappa shape index (κ3) is 4.09. The summed E-state index contributed by atoms with van der Waals surface area (Å²) in [6.45, 7) is 2.38. The molecular weight excluding hydrogens is 61.6 g/mol. The van der Waals surface area contributed by atoms with Crippen molar-refractivity contribution in [3.8, 4) is 0 Å². The maximum Gasteiger partial charge on any atom is 0.243 e. The van der Waals surface area contributed by atoms with Crippen molar-refractivity contribution in [3.63, 3.8) is 0 Å². The van der Waals surface area contributed by atoms with Gasteiger partial charge in [0.1, 0.15) is 7.74 Å². The van der Waals surface area contributed by atoms with E-state index in [-0.39, 0.29) is 0 Å². The number of hydrogen-bond acceptors (Lipinski definition) is 1. The standard InChI is InChI=1S/C2H8B2O/c1-4(3)5-2/h3H2,1-2H3. The molecule has 0 aromatic rings. The van der Waals surface area contributed by atoms with Crippen LogP contribution in [-0.4, -0.2) is 21.7 Å². The Morgan fingerprint density at radius 1 is 1.80 bits per heavy atom. The average Bonchev–Trinajstić information content (AvgIpc) is 1.38. The third-order valence-corrected chi connectivity index (χ3v) is 0.471. The molecule has 0 heterocycles. The number of rotatable bonds is 1. The normalized spacial score (nSPS) is 7.60. The molecule has 0 aromatic carbocycles. The smallest absolute Gasteiger partial charge is 0.243 e. The van der Waals surface area contributed by atoms with Gasteiger partial charge in [0.15, 0.2) is 0 Å². The average molecular weight is 69.7 g/mol. The van der Waals surface area contributed by atoms with Crippen LogP contribution in [0.25, 0.3) is 0 Å². The Balaban J connectivity index is 2.54. The molecule has 3 heteroatoms. The first-order chi connectivity index (χ1) is 2.27. The van der Waals surface area contributed by atoms with E-state index >= 15 is 0 Å². The van der Waals surface area contributed by atoms with Crippen molar-refractivity contribution in [1.29, 1.82) is 0 Å². The molecule has 0 saturated carbocycles. The Hall–Kier alpha value is 0.0899. The second-order valence-corrected chi connectivity index (χ2v) is 1.28. The first-order valence-corrected chi connectivity index (χ1v) is 1.80. The van der Waals surface area contributed by atoms with Gasteiger partial charge in [-0.3, -0.25) is 0 Å². The van der Waals surface area contributed by atoms with Crippen LogP contribution in [0.4, 0.5) is 0 Å². The molecule has 0 atom stereocenters. The maximum absolute atomic E-state index is 4.75. The lowest BCUT2D eigenvalue weighted by Crippen LogP contribution is -2.08. The quantitative estimate of drug-likeness (QED) is 0.373. The SMILES string of the molecule is BB(C)OC. The summed E-state index contributed by atoms with van der Waals surface area (Å²) < 4.78 is 4.75. The van der Waals surface area contributed by atoms with E-state index in [0.717, 1.165) is 0 Å². The maximum atomic E-state index is 4.75. The molecule has 0 N–H and O–H groups in total. The Bertz CT molecular complexity index is 21.6. The summed E-state index contributed by atoms with van der Waals surface area (Å²) in [6, 6.07) is 0. The Morgan fingerprint density at radius 3 is 2.00 bits per heavy atom. The van der Waals surface area contributed by atoms with Crippen molar-refractivity contribution >= 4 is 14.5 Å². The topological polar surface area (TPSA) is 9.23 Å². The molecule has 0 aliphatic heterocycles. The third-order valence-electron chi connectivity index (χ3n) is 0.471. The predicted octanol–water partition coefficient (Wildman–Crippen LogP) is -0.616. The molecule has 0 unspecified atom stereocenters. The van der Waals surface area contributed by atoms with E-state index in [0.29, 0.717) is 6.81 Å². The van der Waals surface area contributed by atoms with E-state index in [4.69, 9.17) is 4.65 Å². The van der Waals surface area contributed by atoms with Gasteiger partial charge in [-0.05, 0) is 0 Å². The van der Waals surface area contributed by atoms with E-state index in [1.807, 2.05) is 14.6 Å². The van der Waals surface area contributed by atoms with Crippen LogP contribution in [0, 0.1) is 0 Å². The van der Waals surface area contributed by atoms with Crippen LogP contribution in [0.2, 0.25) is 6.82 Å². The zero-order valence-electron chi connectivity index (χ0n) is 3.99. The van der Waals surface area contributed by atoms with E-state index in [2.05, 4.69) is 0 Å². The van der Waals surface area contributed by atoms with Crippen LogP contribution in [-0.2, 0) is 4.65 Å². The van der Waals surface area contributed by atoms with Gasteiger partial charge in [0, 0.05) is 7.11 Å². The molecule has 0 aromatic heterocycles. The summed E-state index contributed by atoms with van der Waals surface area (Å²) in [5.41, 5.74) is 0.